The molecule has 104 valence electrons. The van der Waals surface area contributed by atoms with E-state index in [1.165, 1.54) is 12.8 Å². The van der Waals surface area contributed by atoms with Crippen LogP contribution in [0.5, 0.6) is 0 Å². The Morgan fingerprint density at radius 1 is 1.33 bits per heavy atom. The monoisotopic (exact) mass is 365 g/mol. The zero-order chi connectivity index (χ0) is 12.5. The topological polar surface area (TPSA) is 49.6 Å². The van der Waals surface area contributed by atoms with Crippen LogP contribution in [0.4, 0.5) is 0 Å². The first-order valence-electron chi connectivity index (χ1n) is 6.27. The van der Waals surface area contributed by atoms with Gasteiger partial charge < -0.3 is 15.1 Å². The van der Waals surface area contributed by atoms with Crippen molar-refractivity contribution in [2.45, 2.75) is 33.2 Å². The van der Waals surface area contributed by atoms with E-state index in [1.807, 2.05) is 12.1 Å². The van der Waals surface area contributed by atoms with Crippen LogP contribution >= 0.6 is 24.0 Å². The van der Waals surface area contributed by atoms with Crippen molar-refractivity contribution in [1.29, 1.82) is 0 Å². The number of guanidine groups is 1. The van der Waals surface area contributed by atoms with Gasteiger partial charge in [0, 0.05) is 13.6 Å². The lowest BCUT2D eigenvalue weighted by atomic mass is 10.0. The van der Waals surface area contributed by atoms with Gasteiger partial charge in [-0.25, -0.2) is 0 Å². The lowest BCUT2D eigenvalue weighted by Crippen LogP contribution is -2.39. The minimum Gasteiger partial charge on any atom is -0.467 e. The number of nitrogens with zero attached hydrogens (tertiary/aromatic N) is 1. The third-order valence-corrected chi connectivity index (χ3v) is 2.95. The molecule has 18 heavy (non-hydrogen) atoms. The number of aliphatic imine (C=N–C) groups is 1. The third kappa shape index (κ3) is 6.28. The fourth-order valence-corrected chi connectivity index (χ4v) is 1.62. The Labute approximate surface area is 127 Å². The SMILES string of the molecule is CCC(CC)CNC(=NC)NCc1ccco1.I. The van der Waals surface area contributed by atoms with Gasteiger partial charge in [-0.3, -0.25) is 4.99 Å². The van der Waals surface area contributed by atoms with E-state index >= 15 is 0 Å². The first-order valence-corrected chi connectivity index (χ1v) is 6.27. The van der Waals surface area contributed by atoms with Gasteiger partial charge in [-0.15, -0.1) is 24.0 Å². The van der Waals surface area contributed by atoms with Crippen LogP contribution < -0.4 is 10.6 Å². The van der Waals surface area contributed by atoms with Gasteiger partial charge in [0.25, 0.3) is 0 Å². The van der Waals surface area contributed by atoms with Crippen LogP contribution in [-0.4, -0.2) is 19.6 Å². The molecule has 0 aromatic carbocycles. The second-order valence-electron chi connectivity index (χ2n) is 4.07. The molecular weight excluding hydrogens is 341 g/mol. The minimum absolute atomic E-state index is 0. The molecule has 0 aliphatic heterocycles. The summed E-state index contributed by atoms with van der Waals surface area (Å²) in [4.78, 5) is 4.18. The number of furan rings is 1. The second kappa shape index (κ2) is 10.2. The number of hydrogen-bond donors (Lipinski definition) is 2. The standard InChI is InChI=1S/C13H23N3O.HI/c1-4-11(5-2)9-15-13(14-3)16-10-12-7-6-8-17-12;/h6-8,11H,4-5,9-10H2,1-3H3,(H2,14,15,16);1H. The van der Waals surface area contributed by atoms with Crippen molar-refractivity contribution < 1.29 is 4.42 Å². The van der Waals surface area contributed by atoms with Crippen molar-refractivity contribution in [2.24, 2.45) is 10.9 Å². The summed E-state index contributed by atoms with van der Waals surface area (Å²) >= 11 is 0. The van der Waals surface area contributed by atoms with Gasteiger partial charge in [-0.05, 0) is 18.1 Å². The van der Waals surface area contributed by atoms with Crippen LogP contribution in [-0.2, 0) is 6.54 Å². The Hall–Kier alpha value is -0.720. The molecule has 0 aliphatic carbocycles. The smallest absolute Gasteiger partial charge is 0.191 e. The number of rotatable bonds is 6. The van der Waals surface area contributed by atoms with Gasteiger partial charge >= 0.3 is 0 Å². The van der Waals surface area contributed by atoms with Crippen molar-refractivity contribution in [1.82, 2.24) is 10.6 Å². The average molecular weight is 365 g/mol. The Kier molecular flexibility index (Phi) is 9.82. The Bertz CT molecular complexity index is 321. The van der Waals surface area contributed by atoms with Gasteiger partial charge in [-0.1, -0.05) is 26.7 Å². The van der Waals surface area contributed by atoms with Crippen LogP contribution in [0.25, 0.3) is 0 Å². The van der Waals surface area contributed by atoms with Crippen LogP contribution in [0.2, 0.25) is 0 Å². The first kappa shape index (κ1) is 17.3. The molecule has 1 aromatic rings. The van der Waals surface area contributed by atoms with Crippen molar-refractivity contribution in [3.8, 4) is 0 Å². The van der Waals surface area contributed by atoms with Crippen molar-refractivity contribution in [3.05, 3.63) is 24.2 Å². The molecule has 2 N–H and O–H groups in total. The van der Waals surface area contributed by atoms with Crippen LogP contribution in [0.15, 0.2) is 27.8 Å². The fourth-order valence-electron chi connectivity index (χ4n) is 1.62. The van der Waals surface area contributed by atoms with E-state index in [0.717, 1.165) is 18.3 Å². The molecule has 0 saturated carbocycles. The second-order valence-corrected chi connectivity index (χ2v) is 4.07. The highest BCUT2D eigenvalue weighted by molar-refractivity contribution is 14.0. The maximum Gasteiger partial charge on any atom is 0.191 e. The molecule has 0 radical (unpaired) electrons. The van der Waals surface area contributed by atoms with Gasteiger partial charge in [-0.2, -0.15) is 0 Å². The van der Waals surface area contributed by atoms with Crippen LogP contribution in [0, 0.1) is 5.92 Å². The lowest BCUT2D eigenvalue weighted by molar-refractivity contribution is 0.476. The molecule has 1 aromatic heterocycles. The molecule has 0 unspecified atom stereocenters. The van der Waals surface area contributed by atoms with Gasteiger partial charge in [0.15, 0.2) is 5.96 Å². The molecular formula is C13H24IN3O. The predicted molar refractivity (Wildman–Crippen MR) is 86.4 cm³/mol. The highest BCUT2D eigenvalue weighted by Gasteiger charge is 2.05. The van der Waals surface area contributed by atoms with Crippen LogP contribution in [0.3, 0.4) is 0 Å². The fraction of sp³-hybridized carbons (Fsp3) is 0.615. The van der Waals surface area contributed by atoms with E-state index < -0.39 is 0 Å². The summed E-state index contributed by atoms with van der Waals surface area (Å²) in [5, 5.41) is 6.55. The van der Waals surface area contributed by atoms with E-state index in [2.05, 4.69) is 29.5 Å². The summed E-state index contributed by atoms with van der Waals surface area (Å²) in [6, 6.07) is 3.83. The summed E-state index contributed by atoms with van der Waals surface area (Å²) in [7, 11) is 1.78. The number of nitrogens with one attached hydrogen (secondary N) is 2. The van der Waals surface area contributed by atoms with Crippen molar-refractivity contribution in [3.63, 3.8) is 0 Å². The minimum atomic E-state index is 0. The molecule has 1 heterocycles. The highest BCUT2D eigenvalue weighted by atomic mass is 127. The maximum atomic E-state index is 5.25. The zero-order valence-electron chi connectivity index (χ0n) is 11.4. The predicted octanol–water partition coefficient (Wildman–Crippen LogP) is 3.00. The van der Waals surface area contributed by atoms with Gasteiger partial charge in [0.2, 0.25) is 0 Å². The van der Waals surface area contributed by atoms with Crippen LogP contribution in [0.1, 0.15) is 32.4 Å². The molecule has 0 aliphatic rings. The molecule has 0 fully saturated rings. The van der Waals surface area contributed by atoms with E-state index in [4.69, 9.17) is 4.42 Å². The van der Waals surface area contributed by atoms with E-state index in [1.54, 1.807) is 13.3 Å². The Morgan fingerprint density at radius 3 is 2.56 bits per heavy atom. The molecule has 5 heteroatoms. The lowest BCUT2D eigenvalue weighted by Gasteiger charge is -2.16. The molecule has 4 nitrogen and oxygen atoms in total. The third-order valence-electron chi connectivity index (χ3n) is 2.95. The normalized spacial score (nSPS) is 11.2. The average Bonchev–Trinajstić information content (AvgIpc) is 2.87. The summed E-state index contributed by atoms with van der Waals surface area (Å²) < 4.78 is 5.25. The number of hydrogen-bond acceptors (Lipinski definition) is 2. The summed E-state index contributed by atoms with van der Waals surface area (Å²) in [5.74, 6) is 2.45. The summed E-state index contributed by atoms with van der Waals surface area (Å²) in [6.45, 7) is 6.06. The van der Waals surface area contributed by atoms with Crippen molar-refractivity contribution in [2.75, 3.05) is 13.6 Å². The molecule has 0 spiro atoms. The van der Waals surface area contributed by atoms with E-state index in [9.17, 15) is 0 Å². The molecule has 1 rings (SSSR count). The Morgan fingerprint density at radius 2 is 2.06 bits per heavy atom. The summed E-state index contributed by atoms with van der Waals surface area (Å²) in [6.07, 6.45) is 4.06. The first-order chi connectivity index (χ1) is 8.30. The van der Waals surface area contributed by atoms with Gasteiger partial charge in [0.1, 0.15) is 5.76 Å². The zero-order valence-corrected chi connectivity index (χ0v) is 13.7. The molecule has 0 atom stereocenters. The van der Waals surface area contributed by atoms with E-state index in [-0.39, 0.29) is 24.0 Å². The number of halogens is 1. The highest BCUT2D eigenvalue weighted by Crippen LogP contribution is 2.05. The maximum absolute atomic E-state index is 5.25. The van der Waals surface area contributed by atoms with Gasteiger partial charge in [0.05, 0.1) is 12.8 Å². The quantitative estimate of drug-likeness (QED) is 0.463. The molecule has 0 saturated heterocycles. The molecule has 0 amide bonds. The largest absolute Gasteiger partial charge is 0.467 e. The Balaban J connectivity index is 0.00000289. The van der Waals surface area contributed by atoms with E-state index in [0.29, 0.717) is 12.5 Å². The van der Waals surface area contributed by atoms with Crippen molar-refractivity contribution >= 4 is 29.9 Å². The molecule has 0 bridgehead atoms. The summed E-state index contributed by atoms with van der Waals surface area (Å²) in [5.41, 5.74) is 0.